The van der Waals surface area contributed by atoms with Crippen molar-refractivity contribution in [3.05, 3.63) is 35.4 Å². The molecule has 0 heterocycles. The summed E-state index contributed by atoms with van der Waals surface area (Å²) < 4.78 is 6.01. The fourth-order valence-corrected chi connectivity index (χ4v) is 2.05. The molecule has 0 fully saturated rings. The number of likely N-dealkylation sites (N-methyl/N-ethyl adjacent to an activating group) is 1. The summed E-state index contributed by atoms with van der Waals surface area (Å²) in [5.74, 6) is 0.760. The number of benzene rings is 1. The van der Waals surface area contributed by atoms with Crippen LogP contribution in [0.2, 0.25) is 0 Å². The highest BCUT2D eigenvalue weighted by Gasteiger charge is 2.11. The van der Waals surface area contributed by atoms with Gasteiger partial charge < -0.3 is 10.1 Å². The maximum absolute atomic E-state index is 6.01. The van der Waals surface area contributed by atoms with Crippen LogP contribution in [0, 0.1) is 12.8 Å². The Morgan fingerprint density at radius 3 is 2.67 bits per heavy atom. The Labute approximate surface area is 112 Å². The van der Waals surface area contributed by atoms with E-state index in [0.717, 1.165) is 25.5 Å². The summed E-state index contributed by atoms with van der Waals surface area (Å²) in [6, 6.07) is 8.59. The van der Waals surface area contributed by atoms with E-state index in [2.05, 4.69) is 50.4 Å². The van der Waals surface area contributed by atoms with E-state index in [4.69, 9.17) is 4.74 Å². The third-order valence-corrected chi connectivity index (χ3v) is 3.05. The minimum atomic E-state index is 0.169. The number of nitrogens with one attached hydrogen (secondary N) is 1. The quantitative estimate of drug-likeness (QED) is 0.709. The molecular weight excluding hydrogens is 222 g/mol. The number of rotatable bonds is 8. The summed E-state index contributed by atoms with van der Waals surface area (Å²) in [5.41, 5.74) is 2.56. The van der Waals surface area contributed by atoms with Crippen molar-refractivity contribution in [1.29, 1.82) is 0 Å². The van der Waals surface area contributed by atoms with E-state index in [9.17, 15) is 0 Å². The van der Waals surface area contributed by atoms with Gasteiger partial charge in [-0.25, -0.2) is 0 Å². The molecule has 1 N–H and O–H groups in total. The zero-order valence-electron chi connectivity index (χ0n) is 12.2. The van der Waals surface area contributed by atoms with Crippen molar-refractivity contribution in [2.24, 2.45) is 5.92 Å². The van der Waals surface area contributed by atoms with Gasteiger partial charge in [0.25, 0.3) is 0 Å². The highest BCUT2D eigenvalue weighted by atomic mass is 16.5. The summed E-state index contributed by atoms with van der Waals surface area (Å²) in [6.07, 6.45) is 2.55. The minimum Gasteiger partial charge on any atom is -0.372 e. The van der Waals surface area contributed by atoms with Crippen molar-refractivity contribution in [3.8, 4) is 0 Å². The lowest BCUT2D eigenvalue weighted by Gasteiger charge is -2.19. The number of aryl methyl sites for hydroxylation is 1. The second-order valence-electron chi connectivity index (χ2n) is 5.37. The van der Waals surface area contributed by atoms with Crippen LogP contribution in [0.4, 0.5) is 0 Å². The Morgan fingerprint density at radius 1 is 1.28 bits per heavy atom. The fraction of sp³-hybridized carbons (Fsp3) is 0.625. The second-order valence-corrected chi connectivity index (χ2v) is 5.37. The van der Waals surface area contributed by atoms with E-state index in [1.807, 2.05) is 7.05 Å². The Hall–Kier alpha value is -0.860. The van der Waals surface area contributed by atoms with Crippen LogP contribution in [-0.4, -0.2) is 20.2 Å². The molecule has 1 aromatic rings. The van der Waals surface area contributed by atoms with E-state index in [-0.39, 0.29) is 6.10 Å². The maximum atomic E-state index is 6.01. The van der Waals surface area contributed by atoms with E-state index in [1.165, 1.54) is 17.5 Å². The van der Waals surface area contributed by atoms with Gasteiger partial charge in [0.05, 0.1) is 6.10 Å². The van der Waals surface area contributed by atoms with Crippen LogP contribution in [0.15, 0.2) is 24.3 Å². The molecule has 0 bridgehead atoms. The first kappa shape index (κ1) is 15.2. The molecule has 0 aliphatic carbocycles. The molecule has 102 valence electrons. The first-order valence-corrected chi connectivity index (χ1v) is 6.96. The highest BCUT2D eigenvalue weighted by molar-refractivity contribution is 5.24. The third kappa shape index (κ3) is 5.65. The standard InChI is InChI=1S/C16H27NO/c1-13(2)7-6-10-18-16(12-17-4)15-9-5-8-14(3)11-15/h5,8-9,11,13,16-17H,6-7,10,12H2,1-4H3. The van der Waals surface area contributed by atoms with Crippen molar-refractivity contribution in [3.63, 3.8) is 0 Å². The van der Waals surface area contributed by atoms with Gasteiger partial charge in [0.15, 0.2) is 0 Å². The van der Waals surface area contributed by atoms with Gasteiger partial charge in [-0.1, -0.05) is 43.7 Å². The van der Waals surface area contributed by atoms with Crippen molar-refractivity contribution in [2.75, 3.05) is 20.2 Å². The zero-order valence-corrected chi connectivity index (χ0v) is 12.2. The van der Waals surface area contributed by atoms with Crippen LogP contribution in [0.25, 0.3) is 0 Å². The molecule has 0 radical (unpaired) electrons. The monoisotopic (exact) mass is 249 g/mol. The topological polar surface area (TPSA) is 21.3 Å². The average molecular weight is 249 g/mol. The van der Waals surface area contributed by atoms with Gasteiger partial charge in [-0.3, -0.25) is 0 Å². The van der Waals surface area contributed by atoms with Crippen molar-refractivity contribution >= 4 is 0 Å². The van der Waals surface area contributed by atoms with Crippen LogP contribution in [0.3, 0.4) is 0 Å². The van der Waals surface area contributed by atoms with Gasteiger partial charge in [-0.2, -0.15) is 0 Å². The Morgan fingerprint density at radius 2 is 2.06 bits per heavy atom. The summed E-state index contributed by atoms with van der Waals surface area (Å²) in [6.45, 7) is 8.35. The molecule has 1 rings (SSSR count). The first-order chi connectivity index (χ1) is 8.63. The van der Waals surface area contributed by atoms with Crippen LogP contribution < -0.4 is 5.32 Å². The molecule has 0 amide bonds. The molecule has 0 saturated carbocycles. The van der Waals surface area contributed by atoms with Gasteiger partial charge in [0, 0.05) is 13.2 Å². The second kappa shape index (κ2) is 8.28. The van der Waals surface area contributed by atoms with E-state index in [1.54, 1.807) is 0 Å². The summed E-state index contributed by atoms with van der Waals surface area (Å²) >= 11 is 0. The molecule has 0 saturated heterocycles. The highest BCUT2D eigenvalue weighted by Crippen LogP contribution is 2.18. The fourth-order valence-electron chi connectivity index (χ4n) is 2.05. The first-order valence-electron chi connectivity index (χ1n) is 6.96. The van der Waals surface area contributed by atoms with Crippen LogP contribution in [0.5, 0.6) is 0 Å². The smallest absolute Gasteiger partial charge is 0.0949 e. The van der Waals surface area contributed by atoms with Crippen molar-refractivity contribution < 1.29 is 4.74 Å². The minimum absolute atomic E-state index is 0.169. The molecule has 2 heteroatoms. The van der Waals surface area contributed by atoms with Gasteiger partial charge in [-0.05, 0) is 38.3 Å². The predicted molar refractivity (Wildman–Crippen MR) is 77.9 cm³/mol. The third-order valence-electron chi connectivity index (χ3n) is 3.05. The normalized spacial score (nSPS) is 12.9. The van der Waals surface area contributed by atoms with Crippen LogP contribution in [0.1, 0.15) is 43.9 Å². The summed E-state index contributed by atoms with van der Waals surface area (Å²) in [7, 11) is 1.97. The number of hydrogen-bond acceptors (Lipinski definition) is 2. The lowest BCUT2D eigenvalue weighted by atomic mass is 10.1. The molecule has 0 aliphatic heterocycles. The van der Waals surface area contributed by atoms with E-state index in [0.29, 0.717) is 0 Å². The van der Waals surface area contributed by atoms with Gasteiger partial charge in [-0.15, -0.1) is 0 Å². The lowest BCUT2D eigenvalue weighted by molar-refractivity contribution is 0.0499. The lowest BCUT2D eigenvalue weighted by Crippen LogP contribution is -2.20. The molecule has 0 aliphatic rings. The van der Waals surface area contributed by atoms with E-state index < -0.39 is 0 Å². The Balaban J connectivity index is 2.49. The SMILES string of the molecule is CNCC(OCCCC(C)C)c1cccc(C)c1. The summed E-state index contributed by atoms with van der Waals surface area (Å²) in [5, 5.41) is 3.21. The van der Waals surface area contributed by atoms with Gasteiger partial charge in [0.1, 0.15) is 0 Å². The van der Waals surface area contributed by atoms with Crippen molar-refractivity contribution in [1.82, 2.24) is 5.32 Å². The largest absolute Gasteiger partial charge is 0.372 e. The van der Waals surface area contributed by atoms with Crippen LogP contribution >= 0.6 is 0 Å². The average Bonchev–Trinajstić information content (AvgIpc) is 2.33. The Bertz CT molecular complexity index is 336. The molecule has 0 spiro atoms. The molecule has 1 unspecified atom stereocenters. The van der Waals surface area contributed by atoms with Gasteiger partial charge in [0.2, 0.25) is 0 Å². The van der Waals surface area contributed by atoms with E-state index >= 15 is 0 Å². The maximum Gasteiger partial charge on any atom is 0.0949 e. The van der Waals surface area contributed by atoms with Gasteiger partial charge >= 0.3 is 0 Å². The molecule has 0 aromatic heterocycles. The van der Waals surface area contributed by atoms with Crippen LogP contribution in [-0.2, 0) is 4.74 Å². The predicted octanol–water partition coefficient (Wildman–Crippen LogP) is 3.71. The number of hydrogen-bond donors (Lipinski definition) is 1. The molecule has 18 heavy (non-hydrogen) atoms. The zero-order chi connectivity index (χ0) is 13.4. The molecular formula is C16H27NO. The Kier molecular flexibility index (Phi) is 6.99. The molecule has 1 aromatic carbocycles. The summed E-state index contributed by atoms with van der Waals surface area (Å²) in [4.78, 5) is 0. The number of ether oxygens (including phenoxy) is 1. The molecule has 2 nitrogen and oxygen atoms in total. The molecule has 1 atom stereocenters. The van der Waals surface area contributed by atoms with Crippen molar-refractivity contribution in [2.45, 2.75) is 39.7 Å².